The molecule has 0 spiro atoms. The van der Waals surface area contributed by atoms with Gasteiger partial charge in [0.15, 0.2) is 0 Å². The van der Waals surface area contributed by atoms with Gasteiger partial charge in [-0.15, -0.1) is 13.2 Å². The molecular weight excluding hydrogens is 203 g/mol. The van der Waals surface area contributed by atoms with Crippen molar-refractivity contribution in [1.82, 2.24) is 5.32 Å². The van der Waals surface area contributed by atoms with Crippen LogP contribution in [0.3, 0.4) is 0 Å². The third-order valence-corrected chi connectivity index (χ3v) is 2.35. The summed E-state index contributed by atoms with van der Waals surface area (Å²) in [5, 5.41) is 3.27. The molecule has 0 aliphatic rings. The standard InChI is InChI=1S/C7H14F3NOS/c1-6(13-2)5-11-3-4-12-7(8,9)10/h6,11H,3-5H2,1-2H3. The lowest BCUT2D eigenvalue weighted by Crippen LogP contribution is -2.28. The maximum absolute atomic E-state index is 11.5. The van der Waals surface area contributed by atoms with Gasteiger partial charge < -0.3 is 5.32 Å². The molecule has 0 radical (unpaired) electrons. The van der Waals surface area contributed by atoms with Crippen molar-refractivity contribution in [1.29, 1.82) is 0 Å². The topological polar surface area (TPSA) is 21.3 Å². The van der Waals surface area contributed by atoms with E-state index in [0.29, 0.717) is 11.8 Å². The molecule has 0 rings (SSSR count). The van der Waals surface area contributed by atoms with Gasteiger partial charge in [0.2, 0.25) is 0 Å². The first-order chi connectivity index (χ1) is 5.95. The largest absolute Gasteiger partial charge is 0.522 e. The van der Waals surface area contributed by atoms with Crippen molar-refractivity contribution in [3.8, 4) is 0 Å². The van der Waals surface area contributed by atoms with Crippen LogP contribution in [-0.2, 0) is 4.74 Å². The first kappa shape index (κ1) is 13.1. The van der Waals surface area contributed by atoms with E-state index in [0.717, 1.165) is 0 Å². The number of hydrogen-bond donors (Lipinski definition) is 1. The molecule has 0 bridgehead atoms. The minimum absolute atomic E-state index is 0.227. The van der Waals surface area contributed by atoms with Crippen LogP contribution >= 0.6 is 11.8 Å². The predicted molar refractivity (Wildman–Crippen MR) is 47.9 cm³/mol. The van der Waals surface area contributed by atoms with E-state index >= 15 is 0 Å². The number of ether oxygens (including phenoxy) is 1. The average Bonchev–Trinajstić information content (AvgIpc) is 2.01. The molecule has 1 atom stereocenters. The van der Waals surface area contributed by atoms with Gasteiger partial charge in [0.1, 0.15) is 0 Å². The van der Waals surface area contributed by atoms with Crippen LogP contribution in [-0.4, -0.2) is 37.6 Å². The van der Waals surface area contributed by atoms with Crippen molar-refractivity contribution >= 4 is 11.8 Å². The summed E-state index contributed by atoms with van der Waals surface area (Å²) in [6, 6.07) is 0. The van der Waals surface area contributed by atoms with Crippen LogP contribution in [0.1, 0.15) is 6.92 Å². The molecule has 0 saturated heterocycles. The highest BCUT2D eigenvalue weighted by molar-refractivity contribution is 7.99. The first-order valence-corrected chi connectivity index (χ1v) is 5.18. The third-order valence-electron chi connectivity index (χ3n) is 1.38. The lowest BCUT2D eigenvalue weighted by Gasteiger charge is -2.10. The van der Waals surface area contributed by atoms with Crippen LogP contribution in [0, 0.1) is 0 Å². The molecule has 0 aliphatic heterocycles. The van der Waals surface area contributed by atoms with Crippen LogP contribution in [0.5, 0.6) is 0 Å². The van der Waals surface area contributed by atoms with Gasteiger partial charge in [-0.25, -0.2) is 0 Å². The summed E-state index contributed by atoms with van der Waals surface area (Å²) in [4.78, 5) is 0. The Bertz CT molecular complexity index is 131. The molecule has 80 valence electrons. The van der Waals surface area contributed by atoms with E-state index in [9.17, 15) is 13.2 Å². The van der Waals surface area contributed by atoms with Gasteiger partial charge in [0.25, 0.3) is 0 Å². The summed E-state index contributed by atoms with van der Waals surface area (Å²) in [6.07, 6.45) is -2.55. The smallest absolute Gasteiger partial charge is 0.313 e. The molecule has 2 nitrogen and oxygen atoms in total. The van der Waals surface area contributed by atoms with Gasteiger partial charge in [-0.05, 0) is 6.26 Å². The highest BCUT2D eigenvalue weighted by Crippen LogP contribution is 2.15. The molecule has 1 unspecified atom stereocenters. The quantitative estimate of drug-likeness (QED) is 0.686. The second-order valence-corrected chi connectivity index (χ2v) is 3.82. The number of nitrogens with one attached hydrogen (secondary N) is 1. The Balaban J connectivity index is 3.18. The van der Waals surface area contributed by atoms with E-state index in [-0.39, 0.29) is 13.2 Å². The van der Waals surface area contributed by atoms with Gasteiger partial charge in [-0.3, -0.25) is 4.74 Å². The molecule has 1 N–H and O–H groups in total. The molecule has 6 heteroatoms. The van der Waals surface area contributed by atoms with Crippen molar-refractivity contribution in [3.63, 3.8) is 0 Å². The average molecular weight is 217 g/mol. The van der Waals surface area contributed by atoms with Crippen molar-refractivity contribution in [2.75, 3.05) is 26.0 Å². The minimum atomic E-state index is -4.51. The summed E-state index contributed by atoms with van der Waals surface area (Å²) in [5.74, 6) is 0. The van der Waals surface area contributed by atoms with Crippen molar-refractivity contribution < 1.29 is 17.9 Å². The molecule has 0 aliphatic carbocycles. The Morgan fingerprint density at radius 2 is 2.08 bits per heavy atom. The zero-order valence-electron chi connectivity index (χ0n) is 7.65. The summed E-state index contributed by atoms with van der Waals surface area (Å²) in [6.45, 7) is 2.60. The van der Waals surface area contributed by atoms with E-state index in [1.54, 1.807) is 11.8 Å². The molecule has 0 fully saturated rings. The summed E-state index contributed by atoms with van der Waals surface area (Å²) in [5.41, 5.74) is 0. The van der Waals surface area contributed by atoms with E-state index in [2.05, 4.69) is 10.1 Å². The molecule has 0 aromatic heterocycles. The van der Waals surface area contributed by atoms with Crippen LogP contribution in [0.25, 0.3) is 0 Å². The Labute approximate surface area is 80.2 Å². The van der Waals surface area contributed by atoms with Gasteiger partial charge in [-0.2, -0.15) is 11.8 Å². The normalized spacial score (nSPS) is 14.5. The number of halogens is 3. The summed E-state index contributed by atoms with van der Waals surface area (Å²) in [7, 11) is 0. The van der Waals surface area contributed by atoms with Crippen LogP contribution in [0.15, 0.2) is 0 Å². The fraction of sp³-hybridized carbons (Fsp3) is 1.00. The molecule has 0 amide bonds. The molecule has 0 aromatic rings. The summed E-state index contributed by atoms with van der Waals surface area (Å²) < 4.78 is 37.9. The second kappa shape index (κ2) is 6.50. The Morgan fingerprint density at radius 1 is 1.46 bits per heavy atom. The maximum atomic E-state index is 11.5. The summed E-state index contributed by atoms with van der Waals surface area (Å²) >= 11 is 1.66. The molecule has 13 heavy (non-hydrogen) atoms. The highest BCUT2D eigenvalue weighted by Gasteiger charge is 2.28. The predicted octanol–water partition coefficient (Wildman–Crippen LogP) is 1.86. The van der Waals surface area contributed by atoms with Crippen molar-refractivity contribution in [2.45, 2.75) is 18.5 Å². The Kier molecular flexibility index (Phi) is 6.53. The van der Waals surface area contributed by atoms with E-state index in [1.165, 1.54) is 0 Å². The number of hydrogen-bond acceptors (Lipinski definition) is 3. The van der Waals surface area contributed by atoms with E-state index in [4.69, 9.17) is 0 Å². The van der Waals surface area contributed by atoms with Crippen molar-refractivity contribution in [2.24, 2.45) is 0 Å². The van der Waals surface area contributed by atoms with Gasteiger partial charge in [0.05, 0.1) is 6.61 Å². The van der Waals surface area contributed by atoms with Crippen LogP contribution in [0.4, 0.5) is 13.2 Å². The lowest BCUT2D eigenvalue weighted by atomic mass is 10.4. The van der Waals surface area contributed by atoms with Gasteiger partial charge in [0, 0.05) is 18.3 Å². The number of alkyl halides is 3. The molecular formula is C7H14F3NOS. The third kappa shape index (κ3) is 9.98. The zero-order chi connectivity index (χ0) is 10.3. The molecule has 0 saturated carbocycles. The van der Waals surface area contributed by atoms with Gasteiger partial charge in [-0.1, -0.05) is 6.92 Å². The first-order valence-electron chi connectivity index (χ1n) is 3.90. The van der Waals surface area contributed by atoms with Crippen LogP contribution < -0.4 is 5.32 Å². The number of thioether (sulfide) groups is 1. The SMILES string of the molecule is CSC(C)CNCCOC(F)(F)F. The Morgan fingerprint density at radius 3 is 2.54 bits per heavy atom. The number of rotatable bonds is 6. The van der Waals surface area contributed by atoms with Crippen LogP contribution in [0.2, 0.25) is 0 Å². The lowest BCUT2D eigenvalue weighted by molar-refractivity contribution is -0.323. The molecule has 0 heterocycles. The second-order valence-electron chi connectivity index (χ2n) is 2.54. The minimum Gasteiger partial charge on any atom is -0.313 e. The fourth-order valence-electron chi connectivity index (χ4n) is 0.628. The fourth-order valence-corrected chi connectivity index (χ4v) is 0.912. The zero-order valence-corrected chi connectivity index (χ0v) is 8.47. The van der Waals surface area contributed by atoms with E-state index in [1.807, 2.05) is 13.2 Å². The molecule has 0 aromatic carbocycles. The monoisotopic (exact) mass is 217 g/mol. The highest BCUT2D eigenvalue weighted by atomic mass is 32.2. The maximum Gasteiger partial charge on any atom is 0.522 e. The van der Waals surface area contributed by atoms with Crippen molar-refractivity contribution in [3.05, 3.63) is 0 Å². The Hall–Kier alpha value is 0.0600. The van der Waals surface area contributed by atoms with E-state index < -0.39 is 6.36 Å². The van der Waals surface area contributed by atoms with Gasteiger partial charge >= 0.3 is 6.36 Å².